The molecule has 0 saturated heterocycles. The van der Waals surface area contributed by atoms with Crippen LogP contribution in [0.25, 0.3) is 22.8 Å². The number of halogens is 2. The maximum Gasteiger partial charge on any atom is 0.201 e. The van der Waals surface area contributed by atoms with Crippen LogP contribution in [-0.2, 0) is 12.0 Å². The van der Waals surface area contributed by atoms with Gasteiger partial charge in [0.25, 0.3) is 0 Å². The fourth-order valence-corrected chi connectivity index (χ4v) is 5.92. The van der Waals surface area contributed by atoms with E-state index in [0.717, 1.165) is 29.8 Å². The van der Waals surface area contributed by atoms with Crippen LogP contribution in [0.1, 0.15) is 55.4 Å². The van der Waals surface area contributed by atoms with E-state index in [1.54, 1.807) is 18.5 Å². The summed E-state index contributed by atoms with van der Waals surface area (Å²) in [6.07, 6.45) is 4.99. The van der Waals surface area contributed by atoms with Gasteiger partial charge in [0, 0.05) is 6.20 Å². The normalized spacial score (nSPS) is 22.2. The lowest BCUT2D eigenvalue weighted by atomic mass is 9.66. The molecule has 1 aromatic carbocycles. The van der Waals surface area contributed by atoms with Crippen molar-refractivity contribution < 1.29 is 13.9 Å². The van der Waals surface area contributed by atoms with Crippen molar-refractivity contribution in [3.63, 3.8) is 0 Å². The Hall–Kier alpha value is -3.66. The van der Waals surface area contributed by atoms with Crippen molar-refractivity contribution in [3.05, 3.63) is 71.1 Å². The van der Waals surface area contributed by atoms with Crippen LogP contribution in [0, 0.1) is 17.0 Å². The van der Waals surface area contributed by atoms with Gasteiger partial charge in [-0.1, -0.05) is 19.9 Å². The molecule has 4 aromatic rings. The molecule has 34 heavy (non-hydrogen) atoms. The van der Waals surface area contributed by atoms with Crippen molar-refractivity contribution in [2.45, 2.75) is 44.6 Å². The first-order chi connectivity index (χ1) is 16.4. The molecule has 3 aromatic heterocycles. The van der Waals surface area contributed by atoms with Crippen LogP contribution in [0.5, 0.6) is 0 Å². The lowest BCUT2D eigenvalue weighted by Gasteiger charge is -2.37. The van der Waals surface area contributed by atoms with E-state index in [-0.39, 0.29) is 29.2 Å². The van der Waals surface area contributed by atoms with Crippen LogP contribution in [0.15, 0.2) is 36.7 Å². The number of aromatic nitrogens is 7. The number of aromatic amines is 1. The molecule has 2 aliphatic rings. The van der Waals surface area contributed by atoms with Gasteiger partial charge in [-0.2, -0.15) is 10.2 Å². The topological polar surface area (TPSA) is 113 Å². The van der Waals surface area contributed by atoms with Gasteiger partial charge < -0.3 is 5.11 Å². The highest BCUT2D eigenvalue weighted by atomic mass is 19.1. The van der Waals surface area contributed by atoms with E-state index in [9.17, 15) is 13.9 Å². The third-order valence-corrected chi connectivity index (χ3v) is 7.58. The zero-order valence-electron chi connectivity index (χ0n) is 18.5. The van der Waals surface area contributed by atoms with Crippen LogP contribution in [0.3, 0.4) is 0 Å². The van der Waals surface area contributed by atoms with Gasteiger partial charge in [0.15, 0.2) is 5.82 Å². The second-order valence-corrected chi connectivity index (χ2v) is 9.40. The Kier molecular flexibility index (Phi) is 4.41. The van der Waals surface area contributed by atoms with E-state index in [0.29, 0.717) is 17.3 Å². The molecule has 2 aliphatic carbocycles. The lowest BCUT2D eigenvalue weighted by Crippen LogP contribution is -2.38. The molecule has 2 bridgehead atoms. The van der Waals surface area contributed by atoms with Gasteiger partial charge in [0.2, 0.25) is 5.82 Å². The molecule has 10 heteroatoms. The Morgan fingerprint density at radius 2 is 1.88 bits per heavy atom. The van der Waals surface area contributed by atoms with Gasteiger partial charge in [-0.15, -0.1) is 5.10 Å². The summed E-state index contributed by atoms with van der Waals surface area (Å²) in [4.78, 5) is 13.5. The minimum absolute atomic E-state index is 0.126. The number of fused-ring (bicyclic) bond motifs is 5. The molecule has 1 fully saturated rings. The Balaban J connectivity index is 1.51. The summed E-state index contributed by atoms with van der Waals surface area (Å²) in [6.45, 7) is 4.08. The molecule has 3 heterocycles. The number of hydrogen-bond acceptors (Lipinski definition) is 7. The maximum atomic E-state index is 14.4. The number of rotatable bonds is 4. The Morgan fingerprint density at radius 1 is 1.09 bits per heavy atom. The number of nitrogens with one attached hydrogen (secondary N) is 1. The Labute approximate surface area is 193 Å². The fourth-order valence-electron chi connectivity index (χ4n) is 5.92. The third-order valence-electron chi connectivity index (χ3n) is 7.58. The summed E-state index contributed by atoms with van der Waals surface area (Å²) >= 11 is 0. The average Bonchev–Trinajstić information content (AvgIpc) is 3.47. The lowest BCUT2D eigenvalue weighted by molar-refractivity contribution is 0.242. The number of aliphatic hydroxyl groups is 1. The Morgan fingerprint density at radius 3 is 2.62 bits per heavy atom. The van der Waals surface area contributed by atoms with Crippen LogP contribution < -0.4 is 0 Å². The molecule has 8 nitrogen and oxygen atoms in total. The molecular formula is C24H21F2N7O. The van der Waals surface area contributed by atoms with Gasteiger partial charge in [-0.05, 0) is 47.9 Å². The SMILES string of the molecule is CC1(C)[C@H]2CC[C@]1(c1cncc(-c3n[nH]c(CO)n3)n1)c1nnc(-c3c(F)cccc3F)cc12. The molecule has 6 rings (SSSR count). The minimum Gasteiger partial charge on any atom is -0.388 e. The number of aliphatic hydroxyl groups excluding tert-OH is 1. The van der Waals surface area contributed by atoms with Crippen molar-refractivity contribution in [1.29, 1.82) is 0 Å². The Bertz CT molecular complexity index is 1420. The number of benzene rings is 1. The van der Waals surface area contributed by atoms with Crippen molar-refractivity contribution >= 4 is 0 Å². The van der Waals surface area contributed by atoms with E-state index in [4.69, 9.17) is 4.98 Å². The average molecular weight is 461 g/mol. The first kappa shape index (κ1) is 20.9. The van der Waals surface area contributed by atoms with Crippen molar-refractivity contribution in [3.8, 4) is 22.8 Å². The van der Waals surface area contributed by atoms with E-state index < -0.39 is 17.0 Å². The molecule has 0 amide bonds. The van der Waals surface area contributed by atoms with Gasteiger partial charge in [-0.3, -0.25) is 10.1 Å². The maximum absolute atomic E-state index is 14.4. The predicted molar refractivity (Wildman–Crippen MR) is 117 cm³/mol. The third kappa shape index (κ3) is 2.65. The molecule has 0 spiro atoms. The quantitative estimate of drug-likeness (QED) is 0.476. The number of H-pyrrole nitrogens is 1. The summed E-state index contributed by atoms with van der Waals surface area (Å²) in [5, 5.41) is 24.9. The highest BCUT2D eigenvalue weighted by Gasteiger charge is 2.65. The predicted octanol–water partition coefficient (Wildman–Crippen LogP) is 3.69. The molecule has 0 unspecified atom stereocenters. The second-order valence-electron chi connectivity index (χ2n) is 9.40. The van der Waals surface area contributed by atoms with Crippen molar-refractivity contribution in [1.82, 2.24) is 35.3 Å². The summed E-state index contributed by atoms with van der Waals surface area (Å²) in [5.41, 5.74) is 2.09. The number of hydrogen-bond donors (Lipinski definition) is 2. The van der Waals surface area contributed by atoms with Crippen LogP contribution in [0.2, 0.25) is 0 Å². The van der Waals surface area contributed by atoms with Crippen LogP contribution in [0.4, 0.5) is 8.78 Å². The van der Waals surface area contributed by atoms with Gasteiger partial charge in [0.1, 0.15) is 23.9 Å². The summed E-state index contributed by atoms with van der Waals surface area (Å²) in [5.74, 6) is -0.526. The molecule has 172 valence electrons. The monoisotopic (exact) mass is 461 g/mol. The standard InChI is InChI=1S/C24H21F2N7O/c1-23(2)13-6-7-24(23,18-10-27-9-17(28-18)22-29-19(11-34)31-33-22)21-12(13)8-16(30-32-21)20-14(25)4-3-5-15(20)26/h3-5,8-10,13,34H,6-7,11H2,1-2H3,(H,29,31,33)/t13-,24-/m0/s1. The van der Waals surface area contributed by atoms with E-state index in [2.05, 4.69) is 44.2 Å². The van der Waals surface area contributed by atoms with Crippen LogP contribution >= 0.6 is 0 Å². The molecular weight excluding hydrogens is 440 g/mol. The van der Waals surface area contributed by atoms with E-state index in [1.807, 2.05) is 0 Å². The number of nitrogens with zero attached hydrogens (tertiary/aromatic N) is 6. The van der Waals surface area contributed by atoms with E-state index in [1.165, 1.54) is 18.2 Å². The largest absolute Gasteiger partial charge is 0.388 e. The van der Waals surface area contributed by atoms with Crippen molar-refractivity contribution in [2.75, 3.05) is 0 Å². The van der Waals surface area contributed by atoms with Crippen molar-refractivity contribution in [2.24, 2.45) is 5.41 Å². The summed E-state index contributed by atoms with van der Waals surface area (Å²) in [7, 11) is 0. The smallest absolute Gasteiger partial charge is 0.201 e. The fraction of sp³-hybridized carbons (Fsp3) is 0.333. The van der Waals surface area contributed by atoms with Crippen LogP contribution in [-0.4, -0.2) is 40.5 Å². The zero-order valence-corrected chi connectivity index (χ0v) is 18.5. The summed E-state index contributed by atoms with van der Waals surface area (Å²) < 4.78 is 28.9. The summed E-state index contributed by atoms with van der Waals surface area (Å²) in [6, 6.07) is 5.55. The highest BCUT2D eigenvalue weighted by molar-refractivity contribution is 5.64. The van der Waals surface area contributed by atoms with E-state index >= 15 is 0 Å². The van der Waals surface area contributed by atoms with Gasteiger partial charge in [0.05, 0.1) is 34.3 Å². The molecule has 1 saturated carbocycles. The first-order valence-corrected chi connectivity index (χ1v) is 11.0. The molecule has 0 radical (unpaired) electrons. The molecule has 2 atom stereocenters. The van der Waals surface area contributed by atoms with Gasteiger partial charge >= 0.3 is 0 Å². The first-order valence-electron chi connectivity index (χ1n) is 11.0. The minimum atomic E-state index is -0.668. The zero-order chi connectivity index (χ0) is 23.7. The molecule has 0 aliphatic heterocycles. The second kappa shape index (κ2) is 7.17. The molecule has 2 N–H and O–H groups in total. The highest BCUT2D eigenvalue weighted by Crippen LogP contribution is 2.69. The van der Waals surface area contributed by atoms with Gasteiger partial charge in [-0.25, -0.2) is 18.7 Å².